The second kappa shape index (κ2) is 6.30. The Morgan fingerprint density at radius 3 is 2.53 bits per heavy atom. The number of hydrogen-bond acceptors (Lipinski definition) is 5. The van der Waals surface area contributed by atoms with Crippen molar-refractivity contribution in [1.82, 2.24) is 14.9 Å². The van der Waals surface area contributed by atoms with Gasteiger partial charge < -0.3 is 10.6 Å². The van der Waals surface area contributed by atoms with Crippen molar-refractivity contribution in [3.8, 4) is 0 Å². The highest BCUT2D eigenvalue weighted by Crippen LogP contribution is 2.16. The molecule has 1 aliphatic heterocycles. The smallest absolute Gasteiger partial charge is 0.132 e. The predicted octanol–water partition coefficient (Wildman–Crippen LogP) is 0.817. The Kier molecular flexibility index (Phi) is 4.71. The van der Waals surface area contributed by atoms with Gasteiger partial charge in [-0.3, -0.25) is 4.90 Å². The average Bonchev–Trinajstić information content (AvgIpc) is 2.46. The summed E-state index contributed by atoms with van der Waals surface area (Å²) >= 11 is 0. The maximum Gasteiger partial charge on any atom is 0.132 e. The van der Waals surface area contributed by atoms with Crippen molar-refractivity contribution in [1.29, 1.82) is 0 Å². The molecule has 1 unspecified atom stereocenters. The number of nitrogens with zero attached hydrogens (tertiary/aromatic N) is 4. The second-order valence-corrected chi connectivity index (χ2v) is 5.23. The van der Waals surface area contributed by atoms with Gasteiger partial charge in [0.05, 0.1) is 0 Å². The molecule has 1 fully saturated rings. The standard InChI is InChI=1S/C14H25N5/c1-4-13-9-14(17-12(3)16-13)19-7-5-18(6-8-19)11(2)10-15/h9,11H,4-8,10,15H2,1-3H3. The van der Waals surface area contributed by atoms with Crippen molar-refractivity contribution in [3.05, 3.63) is 17.6 Å². The van der Waals surface area contributed by atoms with Gasteiger partial charge in [-0.1, -0.05) is 6.92 Å². The number of hydrogen-bond donors (Lipinski definition) is 1. The monoisotopic (exact) mass is 263 g/mol. The Morgan fingerprint density at radius 1 is 1.26 bits per heavy atom. The topological polar surface area (TPSA) is 58.3 Å². The molecule has 1 aromatic rings. The molecule has 0 bridgehead atoms. The number of aromatic nitrogens is 2. The van der Waals surface area contributed by atoms with Crippen LogP contribution in [0, 0.1) is 6.92 Å². The zero-order valence-electron chi connectivity index (χ0n) is 12.3. The van der Waals surface area contributed by atoms with Gasteiger partial charge in [0.2, 0.25) is 0 Å². The van der Waals surface area contributed by atoms with Gasteiger partial charge in [-0.25, -0.2) is 9.97 Å². The van der Waals surface area contributed by atoms with E-state index in [-0.39, 0.29) is 0 Å². The van der Waals surface area contributed by atoms with Gasteiger partial charge in [-0.15, -0.1) is 0 Å². The van der Waals surface area contributed by atoms with Gasteiger partial charge in [-0.05, 0) is 20.3 Å². The van der Waals surface area contributed by atoms with Crippen LogP contribution in [0.2, 0.25) is 0 Å². The van der Waals surface area contributed by atoms with Crippen molar-refractivity contribution in [3.63, 3.8) is 0 Å². The highest BCUT2D eigenvalue weighted by molar-refractivity contribution is 5.40. The molecule has 0 aliphatic carbocycles. The van der Waals surface area contributed by atoms with Crippen LogP contribution in [0.25, 0.3) is 0 Å². The van der Waals surface area contributed by atoms with Crippen LogP contribution in [-0.4, -0.2) is 53.6 Å². The maximum atomic E-state index is 5.73. The van der Waals surface area contributed by atoms with Crippen LogP contribution in [0.3, 0.4) is 0 Å². The van der Waals surface area contributed by atoms with Crippen LogP contribution in [0.5, 0.6) is 0 Å². The van der Waals surface area contributed by atoms with Crippen LogP contribution in [0.4, 0.5) is 5.82 Å². The van der Waals surface area contributed by atoms with Gasteiger partial charge in [0.1, 0.15) is 11.6 Å². The number of rotatable bonds is 4. The second-order valence-electron chi connectivity index (χ2n) is 5.23. The zero-order chi connectivity index (χ0) is 13.8. The zero-order valence-corrected chi connectivity index (χ0v) is 12.3. The number of anilines is 1. The van der Waals surface area contributed by atoms with Crippen molar-refractivity contribution in [2.75, 3.05) is 37.6 Å². The molecular weight excluding hydrogens is 238 g/mol. The van der Waals surface area contributed by atoms with Gasteiger partial charge in [0.25, 0.3) is 0 Å². The van der Waals surface area contributed by atoms with Crippen LogP contribution < -0.4 is 10.6 Å². The fourth-order valence-electron chi connectivity index (χ4n) is 2.50. The van der Waals surface area contributed by atoms with Gasteiger partial charge in [0.15, 0.2) is 0 Å². The maximum absolute atomic E-state index is 5.73. The minimum atomic E-state index is 0.473. The van der Waals surface area contributed by atoms with Crippen LogP contribution in [0.1, 0.15) is 25.4 Å². The average molecular weight is 263 g/mol. The molecule has 0 amide bonds. The van der Waals surface area contributed by atoms with E-state index in [1.165, 1.54) is 0 Å². The Balaban J connectivity index is 2.03. The van der Waals surface area contributed by atoms with E-state index in [1.807, 2.05) is 6.92 Å². The Hall–Kier alpha value is -1.20. The molecule has 0 radical (unpaired) electrons. The first-order chi connectivity index (χ1) is 9.13. The van der Waals surface area contributed by atoms with Gasteiger partial charge >= 0.3 is 0 Å². The number of nitrogens with two attached hydrogens (primary N) is 1. The fraction of sp³-hybridized carbons (Fsp3) is 0.714. The van der Waals surface area contributed by atoms with Crippen molar-refractivity contribution < 1.29 is 0 Å². The lowest BCUT2D eigenvalue weighted by atomic mass is 10.2. The van der Waals surface area contributed by atoms with E-state index < -0.39 is 0 Å². The minimum Gasteiger partial charge on any atom is -0.354 e. The lowest BCUT2D eigenvalue weighted by molar-refractivity contribution is 0.201. The third-order valence-electron chi connectivity index (χ3n) is 3.84. The Labute approximate surface area is 115 Å². The van der Waals surface area contributed by atoms with Gasteiger partial charge in [-0.2, -0.15) is 0 Å². The molecule has 1 aromatic heterocycles. The van der Waals surface area contributed by atoms with E-state index in [1.54, 1.807) is 0 Å². The van der Waals surface area contributed by atoms with E-state index in [2.05, 4.69) is 39.7 Å². The van der Waals surface area contributed by atoms with Crippen LogP contribution >= 0.6 is 0 Å². The van der Waals surface area contributed by atoms with Crippen LogP contribution in [0.15, 0.2) is 6.07 Å². The summed E-state index contributed by atoms with van der Waals surface area (Å²) in [5, 5.41) is 0. The molecule has 1 aliphatic rings. The molecule has 2 heterocycles. The summed E-state index contributed by atoms with van der Waals surface area (Å²) < 4.78 is 0. The first kappa shape index (κ1) is 14.2. The van der Waals surface area contributed by atoms with Crippen molar-refractivity contribution in [2.24, 2.45) is 5.73 Å². The Morgan fingerprint density at radius 2 is 1.95 bits per heavy atom. The largest absolute Gasteiger partial charge is 0.354 e. The summed E-state index contributed by atoms with van der Waals surface area (Å²) in [6, 6.07) is 2.59. The quantitative estimate of drug-likeness (QED) is 0.871. The molecule has 5 nitrogen and oxygen atoms in total. The van der Waals surface area contributed by atoms with E-state index in [9.17, 15) is 0 Å². The summed E-state index contributed by atoms with van der Waals surface area (Å²) in [6.45, 7) is 11.2. The molecule has 1 atom stereocenters. The molecule has 19 heavy (non-hydrogen) atoms. The summed E-state index contributed by atoms with van der Waals surface area (Å²) in [6.07, 6.45) is 0.959. The lowest BCUT2D eigenvalue weighted by Gasteiger charge is -2.38. The first-order valence-electron chi connectivity index (χ1n) is 7.17. The van der Waals surface area contributed by atoms with E-state index in [0.29, 0.717) is 6.04 Å². The molecule has 5 heteroatoms. The SMILES string of the molecule is CCc1cc(N2CCN(C(C)CN)CC2)nc(C)n1. The number of aryl methyl sites for hydroxylation is 2. The summed E-state index contributed by atoms with van der Waals surface area (Å²) in [5.41, 5.74) is 6.86. The third kappa shape index (κ3) is 3.42. The predicted molar refractivity (Wildman–Crippen MR) is 78.4 cm³/mol. The minimum absolute atomic E-state index is 0.473. The molecule has 0 spiro atoms. The van der Waals surface area contributed by atoms with E-state index in [4.69, 9.17) is 5.73 Å². The highest BCUT2D eigenvalue weighted by Gasteiger charge is 2.21. The molecule has 2 rings (SSSR count). The highest BCUT2D eigenvalue weighted by atomic mass is 15.3. The Bertz CT molecular complexity index is 412. The molecule has 1 saturated heterocycles. The fourth-order valence-corrected chi connectivity index (χ4v) is 2.50. The van der Waals surface area contributed by atoms with Crippen LogP contribution in [-0.2, 0) is 6.42 Å². The first-order valence-corrected chi connectivity index (χ1v) is 7.17. The normalized spacial score (nSPS) is 18.6. The summed E-state index contributed by atoms with van der Waals surface area (Å²) in [4.78, 5) is 13.8. The molecular formula is C14H25N5. The molecule has 106 valence electrons. The third-order valence-corrected chi connectivity index (χ3v) is 3.84. The summed E-state index contributed by atoms with van der Waals surface area (Å²) in [5.74, 6) is 1.94. The van der Waals surface area contributed by atoms with E-state index >= 15 is 0 Å². The molecule has 0 aromatic carbocycles. The van der Waals surface area contributed by atoms with Crippen molar-refractivity contribution >= 4 is 5.82 Å². The number of piperazine rings is 1. The summed E-state index contributed by atoms with van der Waals surface area (Å²) in [7, 11) is 0. The van der Waals surface area contributed by atoms with E-state index in [0.717, 1.165) is 56.5 Å². The molecule has 2 N–H and O–H groups in total. The lowest BCUT2D eigenvalue weighted by Crippen LogP contribution is -2.51. The van der Waals surface area contributed by atoms with Crippen molar-refractivity contribution in [2.45, 2.75) is 33.2 Å². The van der Waals surface area contributed by atoms with Gasteiger partial charge in [0, 0.05) is 50.5 Å². The molecule has 0 saturated carbocycles.